The summed E-state index contributed by atoms with van der Waals surface area (Å²) in [5.41, 5.74) is 7.84. The Hall–Kier alpha value is -1.36. The summed E-state index contributed by atoms with van der Waals surface area (Å²) < 4.78 is 1.78. The Morgan fingerprint density at radius 2 is 2.38 bits per heavy atom. The highest BCUT2D eigenvalue weighted by atomic mass is 16.2. The van der Waals surface area contributed by atoms with E-state index in [4.69, 9.17) is 5.73 Å². The first kappa shape index (κ1) is 11.1. The van der Waals surface area contributed by atoms with E-state index in [9.17, 15) is 4.79 Å². The van der Waals surface area contributed by atoms with Crippen LogP contribution in [0, 0.1) is 6.92 Å². The second-order valence-electron chi connectivity index (χ2n) is 4.42. The quantitative estimate of drug-likeness (QED) is 0.776. The Labute approximate surface area is 95.2 Å². The van der Waals surface area contributed by atoms with Gasteiger partial charge >= 0.3 is 0 Å². The van der Waals surface area contributed by atoms with Crippen molar-refractivity contribution in [1.29, 1.82) is 0 Å². The van der Waals surface area contributed by atoms with Gasteiger partial charge in [-0.25, -0.2) is 0 Å². The molecule has 1 amide bonds. The maximum atomic E-state index is 11.8. The zero-order valence-electron chi connectivity index (χ0n) is 9.81. The monoisotopic (exact) mass is 222 g/mol. The first-order valence-electron chi connectivity index (χ1n) is 5.61. The lowest BCUT2D eigenvalue weighted by Gasteiger charge is -2.30. The first-order valence-corrected chi connectivity index (χ1v) is 5.61. The van der Waals surface area contributed by atoms with E-state index in [2.05, 4.69) is 5.10 Å². The molecule has 2 heterocycles. The highest BCUT2D eigenvalue weighted by Gasteiger charge is 2.26. The van der Waals surface area contributed by atoms with Gasteiger partial charge in [-0.1, -0.05) is 0 Å². The van der Waals surface area contributed by atoms with E-state index >= 15 is 0 Å². The summed E-state index contributed by atoms with van der Waals surface area (Å²) in [6, 6.07) is -0.314. The number of rotatable bonds is 2. The fourth-order valence-electron chi connectivity index (χ4n) is 2.14. The summed E-state index contributed by atoms with van der Waals surface area (Å²) in [7, 11) is 1.89. The van der Waals surface area contributed by atoms with Crippen molar-refractivity contribution in [2.45, 2.75) is 32.4 Å². The Balaban J connectivity index is 2.09. The van der Waals surface area contributed by atoms with Crippen LogP contribution in [0.25, 0.3) is 0 Å². The molecular formula is C11H18N4O. The second kappa shape index (κ2) is 4.25. The highest BCUT2D eigenvalue weighted by Crippen LogP contribution is 2.15. The summed E-state index contributed by atoms with van der Waals surface area (Å²) in [6.07, 6.45) is 3.76. The highest BCUT2D eigenvalue weighted by molar-refractivity contribution is 5.82. The smallest absolute Gasteiger partial charge is 0.239 e. The fraction of sp³-hybridized carbons (Fsp3) is 0.636. The van der Waals surface area contributed by atoms with E-state index in [1.807, 2.05) is 25.1 Å². The number of piperidine rings is 1. The van der Waals surface area contributed by atoms with Gasteiger partial charge in [-0.05, 0) is 19.8 Å². The SMILES string of the molecule is Cc1nn(C)cc1CN1CCCC(N)C1=O. The second-order valence-corrected chi connectivity index (χ2v) is 4.42. The molecule has 1 aromatic heterocycles. The first-order chi connectivity index (χ1) is 7.58. The number of carbonyl (C=O) groups is 1. The van der Waals surface area contributed by atoms with Gasteiger partial charge in [0.2, 0.25) is 5.91 Å². The summed E-state index contributed by atoms with van der Waals surface area (Å²) in [6.45, 7) is 3.40. The zero-order chi connectivity index (χ0) is 11.7. The third-order valence-electron chi connectivity index (χ3n) is 3.05. The third-order valence-corrected chi connectivity index (χ3v) is 3.05. The minimum absolute atomic E-state index is 0.0644. The predicted molar refractivity (Wildman–Crippen MR) is 60.6 cm³/mol. The van der Waals surface area contributed by atoms with Gasteiger partial charge in [-0.15, -0.1) is 0 Å². The molecule has 88 valence electrons. The van der Waals surface area contributed by atoms with Crippen molar-refractivity contribution in [1.82, 2.24) is 14.7 Å². The maximum absolute atomic E-state index is 11.8. The van der Waals surface area contributed by atoms with Crippen molar-refractivity contribution in [2.75, 3.05) is 6.54 Å². The molecule has 16 heavy (non-hydrogen) atoms. The number of hydrogen-bond donors (Lipinski definition) is 1. The van der Waals surface area contributed by atoms with Crippen molar-refractivity contribution < 1.29 is 4.79 Å². The van der Waals surface area contributed by atoms with Gasteiger partial charge in [0.05, 0.1) is 11.7 Å². The minimum atomic E-state index is -0.314. The molecule has 0 aliphatic carbocycles. The van der Waals surface area contributed by atoms with Crippen molar-refractivity contribution in [3.63, 3.8) is 0 Å². The molecule has 0 radical (unpaired) electrons. The van der Waals surface area contributed by atoms with Crippen LogP contribution < -0.4 is 5.73 Å². The maximum Gasteiger partial charge on any atom is 0.239 e. The molecule has 5 heteroatoms. The Bertz CT molecular complexity index is 399. The number of amides is 1. The molecule has 2 rings (SSSR count). The average Bonchev–Trinajstić information content (AvgIpc) is 2.53. The Kier molecular flexibility index (Phi) is 2.96. The van der Waals surface area contributed by atoms with Crippen molar-refractivity contribution in [3.05, 3.63) is 17.5 Å². The Morgan fingerprint density at radius 3 is 3.00 bits per heavy atom. The molecule has 0 aromatic carbocycles. The van der Waals surface area contributed by atoms with E-state index in [1.165, 1.54) is 0 Å². The van der Waals surface area contributed by atoms with Gasteiger partial charge in [-0.2, -0.15) is 5.10 Å². The van der Waals surface area contributed by atoms with Crippen LogP contribution in [0.5, 0.6) is 0 Å². The van der Waals surface area contributed by atoms with Crippen LogP contribution in [0.15, 0.2) is 6.20 Å². The van der Waals surface area contributed by atoms with Crippen LogP contribution in [0.3, 0.4) is 0 Å². The molecule has 0 bridgehead atoms. The lowest BCUT2D eigenvalue weighted by atomic mass is 10.1. The average molecular weight is 222 g/mol. The van der Waals surface area contributed by atoms with Crippen LogP contribution in [-0.2, 0) is 18.4 Å². The number of aromatic nitrogens is 2. The standard InChI is InChI=1S/C11H18N4O/c1-8-9(6-14(2)13-8)7-15-5-3-4-10(12)11(15)16/h6,10H,3-5,7,12H2,1-2H3. The molecule has 0 saturated carbocycles. The zero-order valence-corrected chi connectivity index (χ0v) is 9.81. The van der Waals surface area contributed by atoms with Gasteiger partial charge in [-0.3, -0.25) is 9.48 Å². The van der Waals surface area contributed by atoms with Crippen LogP contribution in [-0.4, -0.2) is 33.2 Å². The number of aryl methyl sites for hydroxylation is 2. The molecular weight excluding hydrogens is 204 g/mol. The minimum Gasteiger partial charge on any atom is -0.337 e. The van der Waals surface area contributed by atoms with E-state index < -0.39 is 0 Å². The fourth-order valence-corrected chi connectivity index (χ4v) is 2.14. The molecule has 1 aromatic rings. The number of hydrogen-bond acceptors (Lipinski definition) is 3. The molecule has 0 spiro atoms. The molecule has 1 aliphatic heterocycles. The van der Waals surface area contributed by atoms with Crippen LogP contribution in [0.1, 0.15) is 24.1 Å². The number of nitrogens with zero attached hydrogens (tertiary/aromatic N) is 3. The van der Waals surface area contributed by atoms with Gasteiger partial charge in [0, 0.05) is 31.9 Å². The molecule has 1 unspecified atom stereocenters. The lowest BCUT2D eigenvalue weighted by molar-refractivity contribution is -0.135. The summed E-state index contributed by atoms with van der Waals surface area (Å²) >= 11 is 0. The third kappa shape index (κ3) is 2.09. The summed E-state index contributed by atoms with van der Waals surface area (Å²) in [5.74, 6) is 0.0644. The van der Waals surface area contributed by atoms with Crippen molar-refractivity contribution in [2.24, 2.45) is 12.8 Å². The van der Waals surface area contributed by atoms with E-state index in [1.54, 1.807) is 4.68 Å². The van der Waals surface area contributed by atoms with Crippen molar-refractivity contribution in [3.8, 4) is 0 Å². The molecule has 1 atom stereocenters. The number of carbonyl (C=O) groups excluding carboxylic acids is 1. The van der Waals surface area contributed by atoms with E-state index in [0.717, 1.165) is 30.6 Å². The topological polar surface area (TPSA) is 64.2 Å². The van der Waals surface area contributed by atoms with Gasteiger partial charge < -0.3 is 10.6 Å². The molecule has 5 nitrogen and oxygen atoms in total. The predicted octanol–water partition coefficient (Wildman–Crippen LogP) is 0.178. The van der Waals surface area contributed by atoms with Gasteiger partial charge in [0.1, 0.15) is 0 Å². The number of nitrogens with two attached hydrogens (primary N) is 1. The Morgan fingerprint density at radius 1 is 1.62 bits per heavy atom. The lowest BCUT2D eigenvalue weighted by Crippen LogP contribution is -2.47. The molecule has 1 aliphatic rings. The van der Waals surface area contributed by atoms with E-state index in [0.29, 0.717) is 6.54 Å². The number of likely N-dealkylation sites (tertiary alicyclic amines) is 1. The summed E-state index contributed by atoms with van der Waals surface area (Å²) in [5, 5.41) is 4.27. The van der Waals surface area contributed by atoms with E-state index in [-0.39, 0.29) is 11.9 Å². The van der Waals surface area contributed by atoms with Crippen molar-refractivity contribution >= 4 is 5.91 Å². The van der Waals surface area contributed by atoms with Gasteiger partial charge in [0.15, 0.2) is 0 Å². The molecule has 2 N–H and O–H groups in total. The van der Waals surface area contributed by atoms with Gasteiger partial charge in [0.25, 0.3) is 0 Å². The van der Waals surface area contributed by atoms with Crippen LogP contribution in [0.4, 0.5) is 0 Å². The van der Waals surface area contributed by atoms with Crippen LogP contribution >= 0.6 is 0 Å². The largest absolute Gasteiger partial charge is 0.337 e. The molecule has 1 fully saturated rings. The summed E-state index contributed by atoms with van der Waals surface area (Å²) in [4.78, 5) is 13.7. The molecule has 1 saturated heterocycles. The normalized spacial score (nSPS) is 21.6. The van der Waals surface area contributed by atoms with Crippen LogP contribution in [0.2, 0.25) is 0 Å².